The third kappa shape index (κ3) is 3.05. The topological polar surface area (TPSA) is 49.3 Å². The molecule has 2 aromatic carbocycles. The summed E-state index contributed by atoms with van der Waals surface area (Å²) in [7, 11) is 0. The summed E-state index contributed by atoms with van der Waals surface area (Å²) in [6.07, 6.45) is 0. The number of hydrogen-bond acceptors (Lipinski definition) is 2. The molecule has 0 heterocycles. The number of halogens is 3. The summed E-state index contributed by atoms with van der Waals surface area (Å²) in [4.78, 5) is 11.1. The highest BCUT2D eigenvalue weighted by Gasteiger charge is 2.13. The van der Waals surface area contributed by atoms with Crippen molar-refractivity contribution in [3.05, 3.63) is 57.3 Å². The van der Waals surface area contributed by atoms with Crippen molar-refractivity contribution < 1.29 is 14.3 Å². The second-order valence-corrected chi connectivity index (χ2v) is 5.01. The van der Waals surface area contributed by atoms with E-state index in [1.54, 1.807) is 12.1 Å². The Hall–Kier alpha value is -1.59. The number of carbonyl (C=O) groups is 1. The van der Waals surface area contributed by atoms with E-state index < -0.39 is 11.8 Å². The Morgan fingerprint density at radius 2 is 2.05 bits per heavy atom. The van der Waals surface area contributed by atoms with E-state index >= 15 is 0 Å². The lowest BCUT2D eigenvalue weighted by Gasteiger charge is -2.12. The molecule has 0 aliphatic carbocycles. The largest absolute Gasteiger partial charge is 0.478 e. The summed E-state index contributed by atoms with van der Waals surface area (Å²) >= 11 is 8.96. The summed E-state index contributed by atoms with van der Waals surface area (Å²) in [6.45, 7) is 0. The van der Waals surface area contributed by atoms with Crippen molar-refractivity contribution >= 4 is 44.9 Å². The lowest BCUT2D eigenvalue weighted by Crippen LogP contribution is -2.04. The van der Waals surface area contributed by atoms with Crippen molar-refractivity contribution in [1.29, 1.82) is 0 Å². The second-order valence-electron chi connectivity index (χ2n) is 3.72. The van der Waals surface area contributed by atoms with E-state index in [2.05, 4.69) is 21.2 Å². The zero-order chi connectivity index (χ0) is 14.0. The van der Waals surface area contributed by atoms with Crippen LogP contribution in [0.15, 0.2) is 40.9 Å². The van der Waals surface area contributed by atoms with Gasteiger partial charge in [0.05, 0.1) is 16.9 Å². The Morgan fingerprint density at radius 1 is 1.32 bits per heavy atom. The molecule has 2 N–H and O–H groups in total. The molecule has 6 heteroatoms. The molecule has 0 aliphatic rings. The van der Waals surface area contributed by atoms with Crippen LogP contribution in [0.4, 0.5) is 15.8 Å². The quantitative estimate of drug-likeness (QED) is 0.849. The number of rotatable bonds is 3. The van der Waals surface area contributed by atoms with Gasteiger partial charge in [-0.2, -0.15) is 0 Å². The van der Waals surface area contributed by atoms with Crippen LogP contribution in [0.5, 0.6) is 0 Å². The Bertz CT molecular complexity index is 628. The molecule has 0 unspecified atom stereocenters. The van der Waals surface area contributed by atoms with Crippen LogP contribution in [0.2, 0.25) is 5.02 Å². The number of benzene rings is 2. The van der Waals surface area contributed by atoms with Crippen molar-refractivity contribution in [2.24, 2.45) is 0 Å². The van der Waals surface area contributed by atoms with Crippen LogP contribution in [-0.2, 0) is 0 Å². The Balaban J connectivity index is 2.47. The van der Waals surface area contributed by atoms with Gasteiger partial charge in [0.2, 0.25) is 0 Å². The van der Waals surface area contributed by atoms with Gasteiger partial charge < -0.3 is 10.4 Å². The zero-order valence-corrected chi connectivity index (χ0v) is 11.8. The highest BCUT2D eigenvalue weighted by Crippen LogP contribution is 2.31. The molecule has 0 fully saturated rings. The first-order valence-electron chi connectivity index (χ1n) is 5.23. The fourth-order valence-electron chi connectivity index (χ4n) is 1.55. The zero-order valence-electron chi connectivity index (χ0n) is 9.45. The van der Waals surface area contributed by atoms with Gasteiger partial charge in [0, 0.05) is 9.50 Å². The maximum Gasteiger partial charge on any atom is 0.337 e. The maximum atomic E-state index is 13.7. The third-order valence-corrected chi connectivity index (χ3v) is 3.33. The summed E-state index contributed by atoms with van der Waals surface area (Å²) in [5.41, 5.74) is 0.415. The van der Waals surface area contributed by atoms with Gasteiger partial charge in [0.15, 0.2) is 0 Å². The molecule has 0 aromatic heterocycles. The molecule has 0 saturated carbocycles. The first-order chi connectivity index (χ1) is 8.99. The first-order valence-corrected chi connectivity index (χ1v) is 6.40. The van der Waals surface area contributed by atoms with Gasteiger partial charge in [-0.05, 0) is 46.3 Å². The fraction of sp³-hybridized carbons (Fsp3) is 0. The third-order valence-electron chi connectivity index (χ3n) is 2.43. The fourth-order valence-corrected chi connectivity index (χ4v) is 2.17. The Kier molecular flexibility index (Phi) is 4.07. The van der Waals surface area contributed by atoms with Crippen LogP contribution in [0.3, 0.4) is 0 Å². The van der Waals surface area contributed by atoms with Gasteiger partial charge in [-0.15, -0.1) is 0 Å². The molecular weight excluding hydrogens is 337 g/mol. The van der Waals surface area contributed by atoms with Gasteiger partial charge in [-0.1, -0.05) is 17.7 Å². The summed E-state index contributed by atoms with van der Waals surface area (Å²) in [5.74, 6) is -1.63. The number of nitrogens with one attached hydrogen (secondary N) is 1. The van der Waals surface area contributed by atoms with Crippen molar-refractivity contribution in [2.75, 3.05) is 5.32 Å². The number of anilines is 2. The molecule has 0 amide bonds. The smallest absolute Gasteiger partial charge is 0.337 e. The number of aromatic carboxylic acids is 1. The van der Waals surface area contributed by atoms with Crippen LogP contribution in [0, 0.1) is 5.82 Å². The highest BCUT2D eigenvalue weighted by molar-refractivity contribution is 9.10. The van der Waals surface area contributed by atoms with E-state index in [1.165, 1.54) is 24.3 Å². The molecule has 0 saturated heterocycles. The van der Waals surface area contributed by atoms with Crippen molar-refractivity contribution in [3.8, 4) is 0 Å². The van der Waals surface area contributed by atoms with Crippen LogP contribution < -0.4 is 5.32 Å². The van der Waals surface area contributed by atoms with E-state index in [-0.39, 0.29) is 16.9 Å². The predicted octanol–water partition coefficient (Wildman–Crippen LogP) is 4.68. The second kappa shape index (κ2) is 5.59. The summed E-state index contributed by atoms with van der Waals surface area (Å²) < 4.78 is 14.2. The molecular formula is C13H8BrClFNO2. The number of hydrogen-bond donors (Lipinski definition) is 2. The normalized spacial score (nSPS) is 10.3. The monoisotopic (exact) mass is 343 g/mol. The molecule has 98 valence electrons. The summed E-state index contributed by atoms with van der Waals surface area (Å²) in [6, 6.07) is 8.81. The lowest BCUT2D eigenvalue weighted by molar-refractivity contribution is 0.0698. The first kappa shape index (κ1) is 13.8. The number of carboxylic acids is 1. The molecule has 2 aromatic rings. The molecule has 2 rings (SSSR count). The van der Waals surface area contributed by atoms with Gasteiger partial charge in [0.1, 0.15) is 5.82 Å². The van der Waals surface area contributed by atoms with E-state index in [0.29, 0.717) is 9.50 Å². The molecule has 0 spiro atoms. The minimum atomic E-state index is -1.14. The van der Waals surface area contributed by atoms with E-state index in [9.17, 15) is 9.18 Å². The van der Waals surface area contributed by atoms with Gasteiger partial charge in [-0.3, -0.25) is 0 Å². The lowest BCUT2D eigenvalue weighted by atomic mass is 10.1. The van der Waals surface area contributed by atoms with E-state index in [1.807, 2.05) is 0 Å². The SMILES string of the molecule is O=C(O)c1cc(Cl)ccc1Nc1c(F)cccc1Br. The van der Waals surface area contributed by atoms with Crippen LogP contribution in [0.25, 0.3) is 0 Å². The number of carboxylic acid groups (broad SMARTS) is 1. The molecule has 3 nitrogen and oxygen atoms in total. The number of para-hydroxylation sites is 1. The molecule has 19 heavy (non-hydrogen) atoms. The standard InChI is InChI=1S/C13H8BrClFNO2/c14-9-2-1-3-10(16)12(9)17-11-5-4-7(15)6-8(11)13(18)19/h1-6,17H,(H,18,19). The van der Waals surface area contributed by atoms with Crippen molar-refractivity contribution in [2.45, 2.75) is 0 Å². The maximum absolute atomic E-state index is 13.7. The van der Waals surface area contributed by atoms with Crippen LogP contribution in [0.1, 0.15) is 10.4 Å². The molecule has 0 radical (unpaired) electrons. The van der Waals surface area contributed by atoms with Gasteiger partial charge >= 0.3 is 5.97 Å². The molecule has 0 bridgehead atoms. The Morgan fingerprint density at radius 3 is 2.68 bits per heavy atom. The van der Waals surface area contributed by atoms with Gasteiger partial charge in [-0.25, -0.2) is 9.18 Å². The summed E-state index contributed by atoms with van der Waals surface area (Å²) in [5, 5.41) is 12.2. The average molecular weight is 345 g/mol. The minimum absolute atomic E-state index is 0.0253. The predicted molar refractivity (Wildman–Crippen MR) is 75.8 cm³/mol. The van der Waals surface area contributed by atoms with Crippen molar-refractivity contribution in [1.82, 2.24) is 0 Å². The molecule has 0 atom stereocenters. The van der Waals surface area contributed by atoms with Crippen LogP contribution in [-0.4, -0.2) is 11.1 Å². The van der Waals surface area contributed by atoms with Crippen molar-refractivity contribution in [3.63, 3.8) is 0 Å². The average Bonchev–Trinajstić information content (AvgIpc) is 2.35. The minimum Gasteiger partial charge on any atom is -0.478 e. The Labute approximate surface area is 122 Å². The van der Waals surface area contributed by atoms with Crippen LogP contribution >= 0.6 is 27.5 Å². The van der Waals surface area contributed by atoms with E-state index in [4.69, 9.17) is 16.7 Å². The van der Waals surface area contributed by atoms with E-state index in [0.717, 1.165) is 0 Å². The highest BCUT2D eigenvalue weighted by atomic mass is 79.9. The van der Waals surface area contributed by atoms with Gasteiger partial charge in [0.25, 0.3) is 0 Å². The molecule has 0 aliphatic heterocycles.